The normalized spacial score (nSPS) is 11.1. The first-order chi connectivity index (χ1) is 11.0. The van der Waals surface area contributed by atoms with Gasteiger partial charge in [-0.2, -0.15) is 0 Å². The molecule has 0 saturated heterocycles. The molecule has 0 aromatic heterocycles. The summed E-state index contributed by atoms with van der Waals surface area (Å²) in [7, 11) is 0. The van der Waals surface area contributed by atoms with E-state index in [-0.39, 0.29) is 12.4 Å². The Kier molecular flexibility index (Phi) is 5.68. The van der Waals surface area contributed by atoms with Crippen LogP contribution in [0.1, 0.15) is 18.1 Å². The number of ether oxygens (including phenoxy) is 1. The molecule has 120 valence electrons. The van der Waals surface area contributed by atoms with E-state index in [9.17, 15) is 9.18 Å². The second kappa shape index (κ2) is 7.93. The summed E-state index contributed by atoms with van der Waals surface area (Å²) in [5.41, 5.74) is 2.18. The average Bonchev–Trinajstić information content (AvgIpc) is 2.55. The number of carboxylic acid groups (broad SMARTS) is 1. The zero-order chi connectivity index (χ0) is 16.7. The molecule has 0 spiro atoms. The van der Waals surface area contributed by atoms with E-state index in [0.29, 0.717) is 11.5 Å². The lowest BCUT2D eigenvalue weighted by Gasteiger charge is -2.06. The monoisotopic (exact) mass is 317 g/mol. The topological polar surface area (TPSA) is 68.1 Å². The summed E-state index contributed by atoms with van der Waals surface area (Å²) in [5, 5.41) is 12.6. The van der Waals surface area contributed by atoms with Gasteiger partial charge in [-0.25, -0.2) is 9.18 Å². The molecule has 0 aliphatic rings. The van der Waals surface area contributed by atoms with Crippen molar-refractivity contribution in [2.75, 3.05) is 6.61 Å². The molecule has 1 N–H and O–H groups in total. The minimum atomic E-state index is -1.04. The number of carbonyl (C=O) groups is 1. The molecule has 23 heavy (non-hydrogen) atoms. The van der Waals surface area contributed by atoms with Gasteiger partial charge in [0.05, 0.1) is 5.71 Å². The molecule has 6 heteroatoms. The van der Waals surface area contributed by atoms with E-state index >= 15 is 0 Å². The van der Waals surface area contributed by atoms with E-state index in [1.54, 1.807) is 37.3 Å². The van der Waals surface area contributed by atoms with Gasteiger partial charge in [0.2, 0.25) is 0 Å². The van der Waals surface area contributed by atoms with E-state index in [1.807, 2.05) is 6.07 Å². The number of rotatable bonds is 7. The van der Waals surface area contributed by atoms with Gasteiger partial charge >= 0.3 is 5.97 Å². The van der Waals surface area contributed by atoms with Crippen LogP contribution in [0.4, 0.5) is 4.39 Å². The highest BCUT2D eigenvalue weighted by molar-refractivity contribution is 5.98. The number of carboxylic acids is 1. The molecule has 2 aromatic carbocycles. The maximum absolute atomic E-state index is 12.8. The average molecular weight is 317 g/mol. The van der Waals surface area contributed by atoms with Gasteiger partial charge in [0.1, 0.15) is 18.2 Å². The highest BCUT2D eigenvalue weighted by Gasteiger charge is 2.03. The zero-order valence-electron chi connectivity index (χ0n) is 12.5. The Morgan fingerprint density at radius 1 is 1.22 bits per heavy atom. The Hall–Kier alpha value is -2.89. The van der Waals surface area contributed by atoms with Crippen LogP contribution in [0.5, 0.6) is 5.75 Å². The second-order valence-electron chi connectivity index (χ2n) is 4.79. The highest BCUT2D eigenvalue weighted by atomic mass is 19.1. The lowest BCUT2D eigenvalue weighted by Crippen LogP contribution is -2.09. The number of benzene rings is 2. The van der Waals surface area contributed by atoms with Crippen molar-refractivity contribution in [3.63, 3.8) is 0 Å². The first kappa shape index (κ1) is 16.5. The standard InChI is InChI=1S/C17H16FNO4/c1-12(19-23-10-13-5-7-15(18)8-6-13)14-3-2-4-16(9-14)22-11-17(20)21/h2-9H,10-11H2,1H3,(H,20,21). The number of aliphatic carboxylic acids is 1. The lowest BCUT2D eigenvalue weighted by molar-refractivity contribution is -0.139. The maximum atomic E-state index is 12.8. The largest absolute Gasteiger partial charge is 0.482 e. The molecule has 0 aliphatic carbocycles. The van der Waals surface area contributed by atoms with Gasteiger partial charge in [-0.1, -0.05) is 29.4 Å². The van der Waals surface area contributed by atoms with Gasteiger partial charge in [-0.15, -0.1) is 0 Å². The fraction of sp³-hybridized carbons (Fsp3) is 0.176. The van der Waals surface area contributed by atoms with Crippen molar-refractivity contribution in [2.45, 2.75) is 13.5 Å². The quantitative estimate of drug-likeness (QED) is 0.629. The number of halogens is 1. The number of hydrogen-bond donors (Lipinski definition) is 1. The van der Waals surface area contributed by atoms with Gasteiger partial charge in [-0.05, 0) is 36.8 Å². The molecule has 0 radical (unpaired) electrons. The van der Waals surface area contributed by atoms with Gasteiger partial charge in [0, 0.05) is 5.56 Å². The summed E-state index contributed by atoms with van der Waals surface area (Å²) in [6, 6.07) is 12.9. The lowest BCUT2D eigenvalue weighted by atomic mass is 10.1. The number of nitrogens with zero attached hydrogens (tertiary/aromatic N) is 1. The van der Waals surface area contributed by atoms with Crippen molar-refractivity contribution in [1.29, 1.82) is 0 Å². The third-order valence-electron chi connectivity index (χ3n) is 2.96. The van der Waals surface area contributed by atoms with Crippen molar-refractivity contribution < 1.29 is 23.9 Å². The maximum Gasteiger partial charge on any atom is 0.341 e. The summed E-state index contributed by atoms with van der Waals surface area (Å²) in [6.07, 6.45) is 0. The van der Waals surface area contributed by atoms with Crippen LogP contribution >= 0.6 is 0 Å². The van der Waals surface area contributed by atoms with Crippen molar-refractivity contribution in [3.05, 3.63) is 65.5 Å². The molecule has 2 rings (SSSR count). The molecule has 0 bridgehead atoms. The highest BCUT2D eigenvalue weighted by Crippen LogP contribution is 2.14. The van der Waals surface area contributed by atoms with Crippen molar-refractivity contribution in [3.8, 4) is 5.75 Å². The van der Waals surface area contributed by atoms with E-state index in [4.69, 9.17) is 14.7 Å². The summed E-state index contributed by atoms with van der Waals surface area (Å²) < 4.78 is 17.9. The minimum absolute atomic E-state index is 0.229. The van der Waals surface area contributed by atoms with Gasteiger partial charge in [-0.3, -0.25) is 0 Å². The fourth-order valence-corrected chi connectivity index (χ4v) is 1.79. The Morgan fingerprint density at radius 3 is 2.65 bits per heavy atom. The predicted octanol–water partition coefficient (Wildman–Crippen LogP) is 3.23. The molecule has 0 heterocycles. The molecular weight excluding hydrogens is 301 g/mol. The molecule has 5 nitrogen and oxygen atoms in total. The molecule has 2 aromatic rings. The van der Waals surface area contributed by atoms with Gasteiger partial charge in [0.15, 0.2) is 6.61 Å². The van der Waals surface area contributed by atoms with E-state index in [1.165, 1.54) is 12.1 Å². The number of hydrogen-bond acceptors (Lipinski definition) is 4. The molecule has 0 aliphatic heterocycles. The first-order valence-corrected chi connectivity index (χ1v) is 6.90. The van der Waals surface area contributed by atoms with Crippen LogP contribution in [0.25, 0.3) is 0 Å². The smallest absolute Gasteiger partial charge is 0.341 e. The van der Waals surface area contributed by atoms with Crippen molar-refractivity contribution >= 4 is 11.7 Å². The third kappa shape index (κ3) is 5.43. The van der Waals surface area contributed by atoms with Crippen LogP contribution in [-0.4, -0.2) is 23.4 Å². The minimum Gasteiger partial charge on any atom is -0.482 e. The Morgan fingerprint density at radius 2 is 1.96 bits per heavy atom. The zero-order valence-corrected chi connectivity index (χ0v) is 12.5. The Balaban J connectivity index is 1.95. The summed E-state index contributed by atoms with van der Waals surface area (Å²) in [6.45, 7) is 1.59. The van der Waals surface area contributed by atoms with Gasteiger partial charge < -0.3 is 14.7 Å². The first-order valence-electron chi connectivity index (χ1n) is 6.90. The molecule has 0 fully saturated rings. The summed E-state index contributed by atoms with van der Waals surface area (Å²) >= 11 is 0. The number of oxime groups is 1. The van der Waals surface area contributed by atoms with E-state index in [0.717, 1.165) is 11.1 Å². The van der Waals surface area contributed by atoms with Crippen LogP contribution < -0.4 is 4.74 Å². The molecular formula is C17H16FNO4. The Bertz CT molecular complexity index is 698. The third-order valence-corrected chi connectivity index (χ3v) is 2.96. The van der Waals surface area contributed by atoms with Crippen LogP contribution in [0.2, 0.25) is 0 Å². The predicted molar refractivity (Wildman–Crippen MR) is 83.0 cm³/mol. The molecule has 0 unspecified atom stereocenters. The van der Waals surface area contributed by atoms with Crippen molar-refractivity contribution in [2.24, 2.45) is 5.16 Å². The van der Waals surface area contributed by atoms with E-state index < -0.39 is 12.6 Å². The Labute approximate surface area is 133 Å². The summed E-state index contributed by atoms with van der Waals surface area (Å²) in [5.74, 6) is -0.895. The second-order valence-corrected chi connectivity index (χ2v) is 4.79. The SMILES string of the molecule is CC(=NOCc1ccc(F)cc1)c1cccc(OCC(=O)O)c1. The van der Waals surface area contributed by atoms with Crippen LogP contribution in [-0.2, 0) is 16.2 Å². The molecule has 0 atom stereocenters. The van der Waals surface area contributed by atoms with Gasteiger partial charge in [0.25, 0.3) is 0 Å². The molecule has 0 saturated carbocycles. The van der Waals surface area contributed by atoms with E-state index in [2.05, 4.69) is 5.16 Å². The molecule has 0 amide bonds. The van der Waals surface area contributed by atoms with Crippen LogP contribution in [0.3, 0.4) is 0 Å². The van der Waals surface area contributed by atoms with Crippen molar-refractivity contribution in [1.82, 2.24) is 0 Å². The summed E-state index contributed by atoms with van der Waals surface area (Å²) in [4.78, 5) is 15.7. The van der Waals surface area contributed by atoms with Crippen LogP contribution in [0, 0.1) is 5.82 Å². The fourth-order valence-electron chi connectivity index (χ4n) is 1.79. The van der Waals surface area contributed by atoms with Crippen LogP contribution in [0.15, 0.2) is 53.7 Å².